The summed E-state index contributed by atoms with van der Waals surface area (Å²) in [6.45, 7) is 3.19. The molecule has 1 saturated heterocycles. The van der Waals surface area contributed by atoms with Crippen LogP contribution in [0.3, 0.4) is 0 Å². The van der Waals surface area contributed by atoms with Gasteiger partial charge in [-0.3, -0.25) is 0 Å². The highest BCUT2D eigenvalue weighted by molar-refractivity contribution is 5.62. The molecule has 5 rings (SSSR count). The molecule has 3 aromatic carbocycles. The minimum Gasteiger partial charge on any atom is -0.436 e. The first kappa shape index (κ1) is 24.1. The van der Waals surface area contributed by atoms with Crippen molar-refractivity contribution in [3.63, 3.8) is 0 Å². The van der Waals surface area contributed by atoms with Crippen LogP contribution in [0.1, 0.15) is 18.1 Å². The van der Waals surface area contributed by atoms with E-state index in [1.165, 1.54) is 24.3 Å². The number of hydrogen-bond donors (Lipinski definition) is 1. The third kappa shape index (κ3) is 4.38. The van der Waals surface area contributed by atoms with E-state index >= 15 is 0 Å². The molecule has 36 heavy (non-hydrogen) atoms. The second-order valence-corrected chi connectivity index (χ2v) is 9.49. The van der Waals surface area contributed by atoms with Gasteiger partial charge in [-0.15, -0.1) is 13.2 Å². The SMILES string of the molecule is CN1CC(C)([C@](O)(c2ccc(OC(F)(F)F)cc2)c2cccc(-c3cnc(-c4ccccc4)o3)c2)C1. The summed E-state index contributed by atoms with van der Waals surface area (Å²) in [5, 5.41) is 12.3. The molecular formula is C28H25F3N2O3. The van der Waals surface area contributed by atoms with Crippen LogP contribution < -0.4 is 4.74 Å². The Kier molecular flexibility index (Phi) is 5.89. The van der Waals surface area contributed by atoms with Gasteiger partial charge in [0.05, 0.1) is 6.20 Å². The molecule has 0 amide bonds. The van der Waals surface area contributed by atoms with E-state index in [-0.39, 0.29) is 5.75 Å². The fourth-order valence-electron chi connectivity index (χ4n) is 5.15. The third-order valence-corrected chi connectivity index (χ3v) is 6.71. The van der Waals surface area contributed by atoms with Crippen LogP contribution in [0.4, 0.5) is 13.2 Å². The van der Waals surface area contributed by atoms with Crippen molar-refractivity contribution >= 4 is 0 Å². The number of hydrogen-bond acceptors (Lipinski definition) is 5. The van der Waals surface area contributed by atoms with Crippen molar-refractivity contribution < 1.29 is 27.4 Å². The Hall–Kier alpha value is -3.62. The van der Waals surface area contributed by atoms with Crippen LogP contribution in [0.5, 0.6) is 5.75 Å². The van der Waals surface area contributed by atoms with Crippen molar-refractivity contribution in [3.8, 4) is 28.5 Å². The maximum Gasteiger partial charge on any atom is 0.573 e. The molecule has 0 bridgehead atoms. The van der Waals surface area contributed by atoms with E-state index < -0.39 is 17.4 Å². The number of ether oxygens (including phenoxy) is 1. The minimum absolute atomic E-state index is 0.340. The van der Waals surface area contributed by atoms with Crippen LogP contribution in [0, 0.1) is 5.41 Å². The molecular weight excluding hydrogens is 469 g/mol. The van der Waals surface area contributed by atoms with Crippen LogP contribution in [0.15, 0.2) is 89.5 Å². The second kappa shape index (κ2) is 8.80. The number of benzene rings is 3. The van der Waals surface area contributed by atoms with Crippen LogP contribution in [0.25, 0.3) is 22.8 Å². The molecule has 0 unspecified atom stereocenters. The van der Waals surface area contributed by atoms with Gasteiger partial charge in [0.25, 0.3) is 0 Å². The summed E-state index contributed by atoms with van der Waals surface area (Å²) >= 11 is 0. The third-order valence-electron chi connectivity index (χ3n) is 6.71. The first-order chi connectivity index (χ1) is 17.1. The lowest BCUT2D eigenvalue weighted by Crippen LogP contribution is -2.63. The van der Waals surface area contributed by atoms with Gasteiger partial charge in [0.1, 0.15) is 11.4 Å². The van der Waals surface area contributed by atoms with Gasteiger partial charge >= 0.3 is 6.36 Å². The summed E-state index contributed by atoms with van der Waals surface area (Å²) in [6, 6.07) is 22.3. The molecule has 0 saturated carbocycles. The van der Waals surface area contributed by atoms with E-state index in [0.717, 1.165) is 11.1 Å². The molecule has 1 fully saturated rings. The molecule has 186 valence electrons. The zero-order chi connectivity index (χ0) is 25.6. The molecule has 1 aliphatic heterocycles. The Morgan fingerprint density at radius 3 is 2.22 bits per heavy atom. The molecule has 1 aliphatic rings. The number of nitrogens with zero attached hydrogens (tertiary/aromatic N) is 2. The van der Waals surface area contributed by atoms with Gasteiger partial charge < -0.3 is 19.2 Å². The van der Waals surface area contributed by atoms with Crippen molar-refractivity contribution in [2.24, 2.45) is 5.41 Å². The highest BCUT2D eigenvalue weighted by atomic mass is 19.4. The predicted molar refractivity (Wildman–Crippen MR) is 129 cm³/mol. The quantitative estimate of drug-likeness (QED) is 0.351. The summed E-state index contributed by atoms with van der Waals surface area (Å²) in [7, 11) is 1.96. The lowest BCUT2D eigenvalue weighted by Gasteiger charge is -2.56. The molecule has 1 atom stereocenters. The Morgan fingerprint density at radius 2 is 1.58 bits per heavy atom. The van der Waals surface area contributed by atoms with E-state index in [9.17, 15) is 18.3 Å². The van der Waals surface area contributed by atoms with Gasteiger partial charge in [-0.2, -0.15) is 0 Å². The zero-order valence-corrected chi connectivity index (χ0v) is 19.8. The van der Waals surface area contributed by atoms with Crippen LogP contribution in [-0.4, -0.2) is 41.5 Å². The Labute approximate surface area is 206 Å². The summed E-state index contributed by atoms with van der Waals surface area (Å²) in [6.07, 6.45) is -3.15. The van der Waals surface area contributed by atoms with Crippen molar-refractivity contribution in [1.29, 1.82) is 0 Å². The number of halogens is 3. The largest absolute Gasteiger partial charge is 0.573 e. The molecule has 8 heteroatoms. The van der Waals surface area contributed by atoms with Gasteiger partial charge in [-0.1, -0.05) is 55.5 Å². The van der Waals surface area contributed by atoms with Crippen molar-refractivity contribution in [1.82, 2.24) is 9.88 Å². The highest BCUT2D eigenvalue weighted by Gasteiger charge is 2.55. The lowest BCUT2D eigenvalue weighted by atomic mass is 9.62. The number of oxazole rings is 1. The minimum atomic E-state index is -4.79. The van der Waals surface area contributed by atoms with Gasteiger partial charge in [-0.25, -0.2) is 4.98 Å². The second-order valence-electron chi connectivity index (χ2n) is 9.49. The first-order valence-electron chi connectivity index (χ1n) is 11.5. The number of alkyl halides is 3. The smallest absolute Gasteiger partial charge is 0.436 e. The average molecular weight is 495 g/mol. The molecule has 4 aromatic rings. The van der Waals surface area contributed by atoms with Crippen molar-refractivity contribution in [3.05, 3.63) is 96.2 Å². The Balaban J connectivity index is 1.54. The monoisotopic (exact) mass is 494 g/mol. The Bertz CT molecular complexity index is 1350. The maximum absolute atomic E-state index is 12.7. The standard InChI is InChI=1S/C28H25F3N2O3/c1-26(17-33(2)18-26)27(34,21-11-13-23(14-12-21)36-28(29,30)31)22-10-6-9-20(15-22)24-16-32-25(35-24)19-7-4-3-5-8-19/h3-16,34H,17-18H2,1-2H3/t27-/m0/s1. The first-order valence-corrected chi connectivity index (χ1v) is 11.5. The fraction of sp³-hybridized carbons (Fsp3) is 0.250. The molecule has 0 radical (unpaired) electrons. The van der Waals surface area contributed by atoms with Crippen LogP contribution in [-0.2, 0) is 5.60 Å². The summed E-state index contributed by atoms with van der Waals surface area (Å²) in [4.78, 5) is 6.48. The predicted octanol–water partition coefficient (Wildman–Crippen LogP) is 6.09. The number of likely N-dealkylation sites (tertiary alicyclic amines) is 1. The van der Waals surface area contributed by atoms with E-state index in [1.54, 1.807) is 6.20 Å². The molecule has 1 N–H and O–H groups in total. The average Bonchev–Trinajstić information content (AvgIpc) is 3.33. The van der Waals surface area contributed by atoms with Crippen molar-refractivity contribution in [2.45, 2.75) is 18.9 Å². The number of rotatable bonds is 6. The van der Waals surface area contributed by atoms with Gasteiger partial charge in [0, 0.05) is 29.6 Å². The molecule has 1 aromatic heterocycles. The molecule has 2 heterocycles. The summed E-state index contributed by atoms with van der Waals surface area (Å²) < 4.78 is 48.0. The fourth-order valence-corrected chi connectivity index (χ4v) is 5.15. The summed E-state index contributed by atoms with van der Waals surface area (Å²) in [5.41, 5.74) is 0.611. The van der Waals surface area contributed by atoms with E-state index in [2.05, 4.69) is 14.6 Å². The highest BCUT2D eigenvalue weighted by Crippen LogP contribution is 2.50. The Morgan fingerprint density at radius 1 is 0.917 bits per heavy atom. The molecule has 5 nitrogen and oxygen atoms in total. The zero-order valence-electron chi connectivity index (χ0n) is 19.8. The van der Waals surface area contributed by atoms with E-state index in [1.807, 2.05) is 68.6 Å². The normalized spacial score (nSPS) is 17.3. The molecule has 0 aliphatic carbocycles. The number of aromatic nitrogens is 1. The molecule has 0 spiro atoms. The number of aliphatic hydroxyl groups is 1. The van der Waals surface area contributed by atoms with Crippen LogP contribution >= 0.6 is 0 Å². The van der Waals surface area contributed by atoms with Gasteiger partial charge in [-0.05, 0) is 48.5 Å². The van der Waals surface area contributed by atoms with Crippen LogP contribution in [0.2, 0.25) is 0 Å². The summed E-state index contributed by atoms with van der Waals surface area (Å²) in [5.74, 6) is 0.690. The topological polar surface area (TPSA) is 58.7 Å². The van der Waals surface area contributed by atoms with E-state index in [0.29, 0.717) is 35.9 Å². The van der Waals surface area contributed by atoms with Crippen molar-refractivity contribution in [2.75, 3.05) is 20.1 Å². The van der Waals surface area contributed by atoms with Gasteiger partial charge in [0.2, 0.25) is 5.89 Å². The maximum atomic E-state index is 12.7. The van der Waals surface area contributed by atoms with E-state index in [4.69, 9.17) is 4.42 Å². The van der Waals surface area contributed by atoms with Gasteiger partial charge in [0.15, 0.2) is 5.76 Å². The lowest BCUT2D eigenvalue weighted by molar-refractivity contribution is -0.274.